The summed E-state index contributed by atoms with van der Waals surface area (Å²) in [5, 5.41) is 4.94. The SMILES string of the molecule is CC[C@@H]([NH2+]CC(=O)Nc1ccc(OC)cc1OC)c1ccc(Br)cc1. The maximum Gasteiger partial charge on any atom is 0.279 e. The van der Waals surface area contributed by atoms with Crippen LogP contribution < -0.4 is 20.1 Å². The Hall–Kier alpha value is -2.05. The van der Waals surface area contributed by atoms with Gasteiger partial charge in [0.15, 0.2) is 6.54 Å². The Morgan fingerprint density at radius 1 is 1.16 bits per heavy atom. The summed E-state index contributed by atoms with van der Waals surface area (Å²) in [4.78, 5) is 12.3. The van der Waals surface area contributed by atoms with Gasteiger partial charge in [-0.2, -0.15) is 0 Å². The van der Waals surface area contributed by atoms with Gasteiger partial charge in [0.1, 0.15) is 17.5 Å². The fraction of sp³-hybridized carbons (Fsp3) is 0.316. The molecule has 134 valence electrons. The van der Waals surface area contributed by atoms with Crippen molar-refractivity contribution in [3.63, 3.8) is 0 Å². The van der Waals surface area contributed by atoms with E-state index in [2.05, 4.69) is 45.6 Å². The van der Waals surface area contributed by atoms with Gasteiger partial charge >= 0.3 is 0 Å². The van der Waals surface area contributed by atoms with Crippen LogP contribution in [-0.2, 0) is 4.79 Å². The van der Waals surface area contributed by atoms with E-state index in [0.29, 0.717) is 23.7 Å². The molecule has 3 N–H and O–H groups in total. The number of hydrogen-bond acceptors (Lipinski definition) is 3. The van der Waals surface area contributed by atoms with Gasteiger partial charge in [-0.15, -0.1) is 0 Å². The maximum absolute atomic E-state index is 12.3. The van der Waals surface area contributed by atoms with Crippen molar-refractivity contribution in [2.45, 2.75) is 19.4 Å². The van der Waals surface area contributed by atoms with Gasteiger partial charge in [-0.1, -0.05) is 35.0 Å². The number of amides is 1. The minimum absolute atomic E-state index is 0.0703. The maximum atomic E-state index is 12.3. The van der Waals surface area contributed by atoms with Crippen molar-refractivity contribution in [1.82, 2.24) is 0 Å². The van der Waals surface area contributed by atoms with E-state index in [0.717, 1.165) is 10.9 Å². The Balaban J connectivity index is 1.96. The number of halogens is 1. The van der Waals surface area contributed by atoms with E-state index < -0.39 is 0 Å². The number of carbonyl (C=O) groups is 1. The largest absolute Gasteiger partial charge is 0.497 e. The van der Waals surface area contributed by atoms with Crippen LogP contribution in [0.25, 0.3) is 0 Å². The molecule has 0 saturated carbocycles. The van der Waals surface area contributed by atoms with E-state index in [1.54, 1.807) is 32.4 Å². The molecule has 0 heterocycles. The van der Waals surface area contributed by atoms with Crippen molar-refractivity contribution in [2.75, 3.05) is 26.1 Å². The molecule has 25 heavy (non-hydrogen) atoms. The first-order valence-corrected chi connectivity index (χ1v) is 8.97. The number of carbonyl (C=O) groups excluding carboxylic acids is 1. The Labute approximate surface area is 156 Å². The van der Waals surface area contributed by atoms with E-state index >= 15 is 0 Å². The predicted molar refractivity (Wildman–Crippen MR) is 102 cm³/mol. The number of benzene rings is 2. The van der Waals surface area contributed by atoms with Crippen LogP contribution in [0.3, 0.4) is 0 Å². The number of quaternary nitrogens is 1. The summed E-state index contributed by atoms with van der Waals surface area (Å²) in [6.45, 7) is 2.46. The fourth-order valence-electron chi connectivity index (χ4n) is 2.60. The first kappa shape index (κ1) is 19.3. The van der Waals surface area contributed by atoms with Crippen molar-refractivity contribution in [3.8, 4) is 11.5 Å². The summed E-state index contributed by atoms with van der Waals surface area (Å²) in [5.74, 6) is 1.19. The smallest absolute Gasteiger partial charge is 0.279 e. The molecule has 0 unspecified atom stereocenters. The van der Waals surface area contributed by atoms with E-state index in [1.807, 2.05) is 12.1 Å². The molecule has 0 fully saturated rings. The molecule has 5 nitrogen and oxygen atoms in total. The Kier molecular flexibility index (Phi) is 7.28. The number of ether oxygens (including phenoxy) is 2. The summed E-state index contributed by atoms with van der Waals surface area (Å²) in [5.41, 5.74) is 1.85. The third kappa shape index (κ3) is 5.47. The lowest BCUT2D eigenvalue weighted by molar-refractivity contribution is -0.686. The van der Waals surface area contributed by atoms with Crippen LogP contribution in [0.1, 0.15) is 24.9 Å². The first-order chi connectivity index (χ1) is 12.1. The van der Waals surface area contributed by atoms with E-state index in [4.69, 9.17) is 9.47 Å². The lowest BCUT2D eigenvalue weighted by atomic mass is 10.0. The van der Waals surface area contributed by atoms with Crippen LogP contribution in [0.2, 0.25) is 0 Å². The molecule has 0 aliphatic carbocycles. The van der Waals surface area contributed by atoms with Gasteiger partial charge in [-0.05, 0) is 24.3 Å². The summed E-state index contributed by atoms with van der Waals surface area (Å²) < 4.78 is 11.5. The summed E-state index contributed by atoms with van der Waals surface area (Å²) in [6, 6.07) is 13.8. The Morgan fingerprint density at radius 2 is 1.88 bits per heavy atom. The van der Waals surface area contributed by atoms with Crippen LogP contribution >= 0.6 is 15.9 Å². The van der Waals surface area contributed by atoms with Gasteiger partial charge in [0, 0.05) is 22.5 Å². The average molecular weight is 408 g/mol. The predicted octanol–water partition coefficient (Wildman–Crippen LogP) is 3.12. The van der Waals surface area contributed by atoms with Crippen LogP contribution in [0, 0.1) is 0 Å². The number of nitrogens with one attached hydrogen (secondary N) is 1. The van der Waals surface area contributed by atoms with Crippen LogP contribution in [0.5, 0.6) is 11.5 Å². The topological polar surface area (TPSA) is 64.2 Å². The molecule has 0 aliphatic rings. The molecule has 0 bridgehead atoms. The van der Waals surface area contributed by atoms with Crippen LogP contribution in [0.15, 0.2) is 46.9 Å². The molecule has 1 atom stereocenters. The molecule has 0 aliphatic heterocycles. The third-order valence-electron chi connectivity index (χ3n) is 4.01. The van der Waals surface area contributed by atoms with E-state index in [9.17, 15) is 4.79 Å². The number of hydrogen-bond donors (Lipinski definition) is 2. The van der Waals surface area contributed by atoms with E-state index in [1.165, 1.54) is 5.56 Å². The standard InChI is InChI=1S/C19H23BrN2O3/c1-4-16(13-5-7-14(20)8-6-13)21-12-19(23)22-17-10-9-15(24-2)11-18(17)25-3/h5-11,16,21H,4,12H2,1-3H3,(H,22,23)/p+1/t16-/m1/s1. The minimum Gasteiger partial charge on any atom is -0.497 e. The normalized spacial score (nSPS) is 11.7. The lowest BCUT2D eigenvalue weighted by Gasteiger charge is -2.15. The minimum atomic E-state index is -0.0703. The Bertz CT molecular complexity index is 704. The van der Waals surface area contributed by atoms with Crippen LogP contribution in [-0.4, -0.2) is 26.7 Å². The highest BCUT2D eigenvalue weighted by atomic mass is 79.9. The molecular formula is C19H24BrN2O3+. The van der Waals surface area contributed by atoms with Gasteiger partial charge in [0.05, 0.1) is 19.9 Å². The zero-order chi connectivity index (χ0) is 18.2. The lowest BCUT2D eigenvalue weighted by Crippen LogP contribution is -2.87. The van der Waals surface area contributed by atoms with Crippen molar-refractivity contribution >= 4 is 27.5 Å². The van der Waals surface area contributed by atoms with Crippen molar-refractivity contribution < 1.29 is 19.6 Å². The number of rotatable bonds is 8. The molecule has 0 saturated heterocycles. The van der Waals surface area contributed by atoms with Gasteiger partial charge in [-0.25, -0.2) is 0 Å². The summed E-state index contributed by atoms with van der Waals surface area (Å²) >= 11 is 3.44. The quantitative estimate of drug-likeness (QED) is 0.706. The number of anilines is 1. The van der Waals surface area contributed by atoms with Gasteiger partial charge in [0.25, 0.3) is 5.91 Å². The van der Waals surface area contributed by atoms with E-state index in [-0.39, 0.29) is 11.9 Å². The number of nitrogens with two attached hydrogens (primary N) is 1. The summed E-state index contributed by atoms with van der Waals surface area (Å²) in [6.07, 6.45) is 0.945. The second-order valence-corrected chi connectivity index (χ2v) is 6.54. The van der Waals surface area contributed by atoms with Gasteiger partial charge in [-0.3, -0.25) is 4.79 Å². The molecule has 2 aromatic rings. The highest BCUT2D eigenvalue weighted by Gasteiger charge is 2.16. The Morgan fingerprint density at radius 3 is 2.48 bits per heavy atom. The van der Waals surface area contributed by atoms with Crippen LogP contribution in [0.4, 0.5) is 5.69 Å². The molecule has 2 aromatic carbocycles. The molecule has 6 heteroatoms. The van der Waals surface area contributed by atoms with Gasteiger partial charge in [0.2, 0.25) is 0 Å². The molecule has 0 spiro atoms. The fourth-order valence-corrected chi connectivity index (χ4v) is 2.87. The number of methoxy groups -OCH3 is 2. The van der Waals surface area contributed by atoms with Crippen molar-refractivity contribution in [3.05, 3.63) is 52.5 Å². The molecule has 2 rings (SSSR count). The first-order valence-electron chi connectivity index (χ1n) is 8.18. The van der Waals surface area contributed by atoms with Crippen molar-refractivity contribution in [1.29, 1.82) is 0 Å². The molecular weight excluding hydrogens is 384 g/mol. The second-order valence-electron chi connectivity index (χ2n) is 5.62. The molecule has 0 radical (unpaired) electrons. The zero-order valence-corrected chi connectivity index (χ0v) is 16.3. The highest BCUT2D eigenvalue weighted by Crippen LogP contribution is 2.28. The second kappa shape index (κ2) is 9.44. The monoisotopic (exact) mass is 407 g/mol. The summed E-state index contributed by atoms with van der Waals surface area (Å²) in [7, 11) is 3.16. The third-order valence-corrected chi connectivity index (χ3v) is 4.54. The zero-order valence-electron chi connectivity index (χ0n) is 14.7. The molecule has 0 aromatic heterocycles. The highest BCUT2D eigenvalue weighted by molar-refractivity contribution is 9.10. The molecule has 1 amide bonds. The van der Waals surface area contributed by atoms with Gasteiger partial charge < -0.3 is 20.1 Å². The van der Waals surface area contributed by atoms with Crippen molar-refractivity contribution in [2.24, 2.45) is 0 Å². The average Bonchev–Trinajstić information content (AvgIpc) is 2.63.